The van der Waals surface area contributed by atoms with Gasteiger partial charge in [0, 0.05) is 47.7 Å². The summed E-state index contributed by atoms with van der Waals surface area (Å²) in [4.78, 5) is 21.5. The number of carbonyl (C=O) groups excluding carboxylic acids is 1. The minimum absolute atomic E-state index is 0.0532. The summed E-state index contributed by atoms with van der Waals surface area (Å²) in [6.07, 6.45) is 2.47. The number of aromatic hydroxyl groups is 1. The van der Waals surface area contributed by atoms with E-state index in [1.54, 1.807) is 4.90 Å². The highest BCUT2D eigenvalue weighted by Gasteiger charge is 2.37. The van der Waals surface area contributed by atoms with Crippen LogP contribution < -0.4 is 4.90 Å². The van der Waals surface area contributed by atoms with Crippen LogP contribution in [0.5, 0.6) is 5.75 Å². The van der Waals surface area contributed by atoms with Gasteiger partial charge in [0.05, 0.1) is 0 Å². The molecule has 5 nitrogen and oxygen atoms in total. The van der Waals surface area contributed by atoms with Gasteiger partial charge in [-0.3, -0.25) is 4.79 Å². The van der Waals surface area contributed by atoms with E-state index >= 15 is 0 Å². The minimum atomic E-state index is -0.684. The molecule has 7 rings (SSSR count). The number of fused-ring (bicyclic) bond motifs is 2. The number of benzene rings is 4. The summed E-state index contributed by atoms with van der Waals surface area (Å²) in [6.45, 7) is 2.56. The quantitative estimate of drug-likeness (QED) is 0.263. The molecule has 4 aromatic carbocycles. The average Bonchev–Trinajstić information content (AvgIpc) is 3.71. The first-order valence-corrected chi connectivity index (χ1v) is 13.4. The Hall–Kier alpha value is -4.58. The maximum atomic E-state index is 14.4. The molecule has 1 fully saturated rings. The first kappa shape index (κ1) is 23.5. The number of aromatic nitrogens is 1. The van der Waals surface area contributed by atoms with Crippen LogP contribution in [0.1, 0.15) is 46.1 Å². The van der Waals surface area contributed by atoms with E-state index < -0.39 is 11.9 Å². The van der Waals surface area contributed by atoms with Crippen LogP contribution in [0.3, 0.4) is 0 Å². The van der Waals surface area contributed by atoms with E-state index in [2.05, 4.69) is 40.2 Å². The Kier molecular flexibility index (Phi) is 5.62. The van der Waals surface area contributed by atoms with Gasteiger partial charge in [-0.15, -0.1) is 0 Å². The van der Waals surface area contributed by atoms with Gasteiger partial charge in [0.15, 0.2) is 0 Å². The molecule has 1 atom stereocenters. The fourth-order valence-electron chi connectivity index (χ4n) is 6.04. The highest BCUT2D eigenvalue weighted by Crippen LogP contribution is 2.41. The van der Waals surface area contributed by atoms with E-state index in [1.807, 2.05) is 42.5 Å². The lowest BCUT2D eigenvalue weighted by atomic mass is 10.00. The molecular formula is C33H28FN3O2. The van der Waals surface area contributed by atoms with Crippen molar-refractivity contribution in [3.8, 4) is 16.9 Å². The third-order valence-corrected chi connectivity index (χ3v) is 8.05. The largest absolute Gasteiger partial charge is 0.508 e. The SMILES string of the molecule is O=C1c2cc(-c3ccc(N4CCCC4)cc3)ccc2CN1[C@@H](c1cc2ccccc2[nH]1)c1cc(F)ccc1O. The molecular weight excluding hydrogens is 489 g/mol. The second-order valence-corrected chi connectivity index (χ2v) is 10.5. The first-order valence-electron chi connectivity index (χ1n) is 13.4. The van der Waals surface area contributed by atoms with Crippen molar-refractivity contribution in [2.24, 2.45) is 0 Å². The molecule has 3 heterocycles. The molecule has 2 N–H and O–H groups in total. The maximum Gasteiger partial charge on any atom is 0.255 e. The topological polar surface area (TPSA) is 59.6 Å². The number of anilines is 1. The fraction of sp³-hybridized carbons (Fsp3) is 0.182. The van der Waals surface area contributed by atoms with E-state index in [4.69, 9.17) is 0 Å². The van der Waals surface area contributed by atoms with Gasteiger partial charge in [-0.1, -0.05) is 42.5 Å². The van der Waals surface area contributed by atoms with Gasteiger partial charge in [-0.2, -0.15) is 0 Å². The second kappa shape index (κ2) is 9.31. The van der Waals surface area contributed by atoms with Crippen molar-refractivity contribution < 1.29 is 14.3 Å². The smallest absolute Gasteiger partial charge is 0.255 e. The molecule has 39 heavy (non-hydrogen) atoms. The van der Waals surface area contributed by atoms with Crippen molar-refractivity contribution in [3.05, 3.63) is 119 Å². The van der Waals surface area contributed by atoms with Gasteiger partial charge in [-0.05, 0) is 83.4 Å². The molecule has 5 aromatic rings. The molecule has 0 aliphatic carbocycles. The number of aromatic amines is 1. The van der Waals surface area contributed by atoms with Crippen LogP contribution in [0.15, 0.2) is 91.0 Å². The molecule has 0 unspecified atom stereocenters. The van der Waals surface area contributed by atoms with Crippen molar-refractivity contribution in [1.29, 1.82) is 0 Å². The van der Waals surface area contributed by atoms with Crippen LogP contribution in [0, 0.1) is 5.82 Å². The zero-order chi connectivity index (χ0) is 26.5. The monoisotopic (exact) mass is 517 g/mol. The van der Waals surface area contributed by atoms with Crippen molar-refractivity contribution in [3.63, 3.8) is 0 Å². The zero-order valence-corrected chi connectivity index (χ0v) is 21.4. The van der Waals surface area contributed by atoms with Crippen LogP contribution in [0.25, 0.3) is 22.0 Å². The number of hydrogen-bond acceptors (Lipinski definition) is 3. The number of nitrogens with zero attached hydrogens (tertiary/aromatic N) is 2. The number of phenolic OH excluding ortho intramolecular Hbond substituents is 1. The normalized spacial score (nSPS) is 15.8. The second-order valence-electron chi connectivity index (χ2n) is 10.5. The third-order valence-electron chi connectivity index (χ3n) is 8.05. The number of para-hydroxylation sites is 1. The molecule has 1 saturated heterocycles. The summed E-state index contributed by atoms with van der Waals surface area (Å²) in [6, 6.07) is 27.6. The van der Waals surface area contributed by atoms with Gasteiger partial charge < -0.3 is 19.9 Å². The van der Waals surface area contributed by atoms with Gasteiger partial charge >= 0.3 is 0 Å². The predicted octanol–water partition coefficient (Wildman–Crippen LogP) is 7.03. The summed E-state index contributed by atoms with van der Waals surface area (Å²) < 4.78 is 14.4. The molecule has 0 spiro atoms. The van der Waals surface area contributed by atoms with E-state index in [-0.39, 0.29) is 11.7 Å². The van der Waals surface area contributed by atoms with E-state index in [0.717, 1.165) is 46.4 Å². The molecule has 194 valence electrons. The van der Waals surface area contributed by atoms with E-state index in [0.29, 0.717) is 17.7 Å². The Labute approximate surface area is 226 Å². The lowest BCUT2D eigenvalue weighted by molar-refractivity contribution is 0.0726. The highest BCUT2D eigenvalue weighted by molar-refractivity contribution is 6.00. The molecule has 0 radical (unpaired) electrons. The Balaban J connectivity index is 1.25. The molecule has 2 aliphatic rings. The van der Waals surface area contributed by atoms with Gasteiger partial charge in [0.1, 0.15) is 17.6 Å². The summed E-state index contributed by atoms with van der Waals surface area (Å²) in [7, 11) is 0. The number of nitrogens with one attached hydrogen (secondary N) is 1. The number of phenols is 1. The van der Waals surface area contributed by atoms with Crippen molar-refractivity contribution >= 4 is 22.5 Å². The minimum Gasteiger partial charge on any atom is -0.508 e. The predicted molar refractivity (Wildman–Crippen MR) is 151 cm³/mol. The number of halogens is 1. The average molecular weight is 518 g/mol. The Morgan fingerprint density at radius 3 is 2.41 bits per heavy atom. The van der Waals surface area contributed by atoms with E-state index in [1.165, 1.54) is 36.7 Å². The van der Waals surface area contributed by atoms with Crippen LogP contribution in [-0.2, 0) is 6.54 Å². The maximum absolute atomic E-state index is 14.4. The lowest BCUT2D eigenvalue weighted by Crippen LogP contribution is -2.30. The van der Waals surface area contributed by atoms with Crippen molar-refractivity contribution in [1.82, 2.24) is 9.88 Å². The van der Waals surface area contributed by atoms with Crippen LogP contribution in [-0.4, -0.2) is 34.0 Å². The molecule has 2 aliphatic heterocycles. The number of amides is 1. The third kappa shape index (κ3) is 4.13. The Morgan fingerprint density at radius 1 is 0.846 bits per heavy atom. The highest BCUT2D eigenvalue weighted by atomic mass is 19.1. The van der Waals surface area contributed by atoms with E-state index in [9.17, 15) is 14.3 Å². The number of rotatable bonds is 5. The van der Waals surface area contributed by atoms with Crippen LogP contribution in [0.4, 0.5) is 10.1 Å². The number of hydrogen-bond donors (Lipinski definition) is 2. The molecule has 6 heteroatoms. The fourth-order valence-corrected chi connectivity index (χ4v) is 6.04. The van der Waals surface area contributed by atoms with Gasteiger partial charge in [0.25, 0.3) is 5.91 Å². The Morgan fingerprint density at radius 2 is 1.62 bits per heavy atom. The number of carbonyl (C=O) groups is 1. The van der Waals surface area contributed by atoms with Crippen molar-refractivity contribution in [2.45, 2.75) is 25.4 Å². The van der Waals surface area contributed by atoms with Gasteiger partial charge in [-0.25, -0.2) is 4.39 Å². The number of H-pyrrole nitrogens is 1. The first-order chi connectivity index (χ1) is 19.0. The summed E-state index contributed by atoms with van der Waals surface area (Å²) in [5, 5.41) is 11.8. The van der Waals surface area contributed by atoms with Crippen molar-refractivity contribution in [2.75, 3.05) is 18.0 Å². The molecule has 0 bridgehead atoms. The van der Waals surface area contributed by atoms with Gasteiger partial charge in [0.2, 0.25) is 0 Å². The zero-order valence-electron chi connectivity index (χ0n) is 21.4. The van der Waals surface area contributed by atoms with Crippen LogP contribution >= 0.6 is 0 Å². The van der Waals surface area contributed by atoms with Crippen LogP contribution in [0.2, 0.25) is 0 Å². The molecule has 1 aromatic heterocycles. The summed E-state index contributed by atoms with van der Waals surface area (Å²) >= 11 is 0. The summed E-state index contributed by atoms with van der Waals surface area (Å²) in [5.74, 6) is -0.664. The lowest BCUT2D eigenvalue weighted by Gasteiger charge is -2.28. The molecule has 0 saturated carbocycles. The standard InChI is InChI=1S/C33H28FN3O2/c34-25-11-14-31(38)28(19-25)32(30-18-23-5-1-2-6-29(23)35-30)37-20-24-8-7-22(17-27(24)33(37)39)21-9-12-26(13-10-21)36-15-3-4-16-36/h1-2,5-14,17-19,32,35,38H,3-4,15-16,20H2/t32-/m1/s1. The Bertz CT molecular complexity index is 1670. The molecule has 1 amide bonds. The summed E-state index contributed by atoms with van der Waals surface area (Å²) in [5.41, 5.74) is 6.79.